The SMILES string of the molecule is CC(OC(=O)c1cnc2ccccc2n1)C(=O)Nc1ccc(C(=O)O)cc1. The van der Waals surface area contributed by atoms with Crippen molar-refractivity contribution in [2.75, 3.05) is 5.32 Å². The van der Waals surface area contributed by atoms with Crippen molar-refractivity contribution in [1.29, 1.82) is 0 Å². The van der Waals surface area contributed by atoms with Crippen LogP contribution in [-0.4, -0.2) is 39.0 Å². The molecule has 8 nitrogen and oxygen atoms in total. The number of para-hydroxylation sites is 2. The van der Waals surface area contributed by atoms with E-state index in [1.165, 1.54) is 37.4 Å². The molecular formula is C19H15N3O5. The number of carbonyl (C=O) groups excluding carboxylic acids is 2. The Morgan fingerprint density at radius 3 is 2.37 bits per heavy atom. The van der Waals surface area contributed by atoms with Gasteiger partial charge in [0.05, 0.1) is 22.8 Å². The van der Waals surface area contributed by atoms with E-state index in [1.807, 2.05) is 6.07 Å². The number of nitrogens with zero attached hydrogens (tertiary/aromatic N) is 2. The number of anilines is 1. The van der Waals surface area contributed by atoms with Crippen molar-refractivity contribution in [3.8, 4) is 0 Å². The first-order chi connectivity index (χ1) is 12.9. The van der Waals surface area contributed by atoms with Crippen LogP contribution in [0.15, 0.2) is 54.7 Å². The summed E-state index contributed by atoms with van der Waals surface area (Å²) in [5.74, 6) is -2.39. The lowest BCUT2D eigenvalue weighted by Crippen LogP contribution is -2.30. The number of carboxylic acids is 1. The maximum absolute atomic E-state index is 12.2. The maximum atomic E-state index is 12.2. The number of ether oxygens (including phenoxy) is 1. The lowest BCUT2D eigenvalue weighted by atomic mass is 10.2. The smallest absolute Gasteiger partial charge is 0.359 e. The van der Waals surface area contributed by atoms with E-state index in [9.17, 15) is 14.4 Å². The van der Waals surface area contributed by atoms with Gasteiger partial charge in [0.2, 0.25) is 0 Å². The molecule has 3 aromatic rings. The molecule has 0 spiro atoms. The number of nitrogens with one attached hydrogen (secondary N) is 1. The fourth-order valence-corrected chi connectivity index (χ4v) is 2.27. The van der Waals surface area contributed by atoms with Crippen LogP contribution in [0.2, 0.25) is 0 Å². The van der Waals surface area contributed by atoms with E-state index < -0.39 is 23.9 Å². The summed E-state index contributed by atoms with van der Waals surface area (Å²) in [6, 6.07) is 12.7. The Labute approximate surface area is 153 Å². The number of hydrogen-bond donors (Lipinski definition) is 2. The van der Waals surface area contributed by atoms with Crippen LogP contribution >= 0.6 is 0 Å². The van der Waals surface area contributed by atoms with Crippen molar-refractivity contribution in [2.45, 2.75) is 13.0 Å². The number of carbonyl (C=O) groups is 3. The van der Waals surface area contributed by atoms with Gasteiger partial charge in [-0.15, -0.1) is 0 Å². The zero-order valence-electron chi connectivity index (χ0n) is 14.2. The number of amides is 1. The fourth-order valence-electron chi connectivity index (χ4n) is 2.27. The molecule has 136 valence electrons. The maximum Gasteiger partial charge on any atom is 0.359 e. The van der Waals surface area contributed by atoms with Gasteiger partial charge >= 0.3 is 11.9 Å². The Balaban J connectivity index is 1.64. The first-order valence-corrected chi connectivity index (χ1v) is 8.01. The molecule has 0 saturated carbocycles. The molecule has 0 radical (unpaired) electrons. The quantitative estimate of drug-likeness (QED) is 0.667. The summed E-state index contributed by atoms with van der Waals surface area (Å²) in [6.45, 7) is 1.42. The number of carboxylic acid groups (broad SMARTS) is 1. The molecular weight excluding hydrogens is 350 g/mol. The average Bonchev–Trinajstić information content (AvgIpc) is 2.67. The van der Waals surface area contributed by atoms with Gasteiger partial charge in [0.1, 0.15) is 0 Å². The molecule has 0 aliphatic carbocycles. The third kappa shape index (κ3) is 4.24. The predicted molar refractivity (Wildman–Crippen MR) is 96.4 cm³/mol. The first-order valence-electron chi connectivity index (χ1n) is 8.01. The topological polar surface area (TPSA) is 118 Å². The van der Waals surface area contributed by atoms with Gasteiger partial charge in [-0.25, -0.2) is 14.6 Å². The minimum atomic E-state index is -1.08. The highest BCUT2D eigenvalue weighted by molar-refractivity contribution is 5.97. The van der Waals surface area contributed by atoms with Gasteiger partial charge in [-0.3, -0.25) is 9.78 Å². The third-order valence-electron chi connectivity index (χ3n) is 3.71. The van der Waals surface area contributed by atoms with E-state index in [2.05, 4.69) is 15.3 Å². The average molecular weight is 365 g/mol. The Morgan fingerprint density at radius 1 is 1.04 bits per heavy atom. The van der Waals surface area contributed by atoms with E-state index in [-0.39, 0.29) is 11.3 Å². The summed E-state index contributed by atoms with van der Waals surface area (Å²) in [7, 11) is 0. The third-order valence-corrected chi connectivity index (χ3v) is 3.71. The van der Waals surface area contributed by atoms with E-state index in [0.717, 1.165) is 0 Å². The summed E-state index contributed by atoms with van der Waals surface area (Å²) >= 11 is 0. The fraction of sp³-hybridized carbons (Fsp3) is 0.105. The van der Waals surface area contributed by atoms with Gasteiger partial charge in [-0.2, -0.15) is 0 Å². The van der Waals surface area contributed by atoms with Crippen LogP contribution < -0.4 is 5.32 Å². The van der Waals surface area contributed by atoms with Crippen LogP contribution in [0.4, 0.5) is 5.69 Å². The minimum absolute atomic E-state index is 0.000777. The van der Waals surface area contributed by atoms with Crippen molar-refractivity contribution in [3.63, 3.8) is 0 Å². The number of aromatic nitrogens is 2. The summed E-state index contributed by atoms with van der Waals surface area (Å²) in [5.41, 5.74) is 1.67. The second-order valence-electron chi connectivity index (χ2n) is 5.66. The van der Waals surface area contributed by atoms with Crippen molar-refractivity contribution in [2.24, 2.45) is 0 Å². The highest BCUT2D eigenvalue weighted by Crippen LogP contribution is 2.12. The summed E-state index contributed by atoms with van der Waals surface area (Å²) in [5, 5.41) is 11.4. The zero-order chi connectivity index (χ0) is 19.4. The van der Waals surface area contributed by atoms with E-state index >= 15 is 0 Å². The normalized spacial score (nSPS) is 11.6. The van der Waals surface area contributed by atoms with Crippen molar-refractivity contribution < 1.29 is 24.2 Å². The Kier molecular flexibility index (Phi) is 5.07. The van der Waals surface area contributed by atoms with Crippen molar-refractivity contribution in [1.82, 2.24) is 9.97 Å². The molecule has 27 heavy (non-hydrogen) atoms. The molecule has 1 unspecified atom stereocenters. The Bertz CT molecular complexity index is 1020. The number of benzene rings is 2. The zero-order valence-corrected chi connectivity index (χ0v) is 14.2. The lowest BCUT2D eigenvalue weighted by Gasteiger charge is -2.13. The van der Waals surface area contributed by atoms with Gasteiger partial charge in [0.25, 0.3) is 5.91 Å². The largest absolute Gasteiger partial charge is 0.478 e. The molecule has 0 fully saturated rings. The molecule has 1 aromatic heterocycles. The van der Waals surface area contributed by atoms with E-state index in [0.29, 0.717) is 16.7 Å². The molecule has 1 amide bonds. The standard InChI is InChI=1S/C19H15N3O5/c1-11(17(23)21-13-8-6-12(7-9-13)18(24)25)27-19(26)16-10-20-14-4-2-3-5-15(14)22-16/h2-11H,1H3,(H,21,23)(H,24,25). The van der Waals surface area contributed by atoms with Crippen LogP contribution in [0.1, 0.15) is 27.8 Å². The lowest BCUT2D eigenvalue weighted by molar-refractivity contribution is -0.123. The summed E-state index contributed by atoms with van der Waals surface area (Å²) < 4.78 is 5.13. The number of hydrogen-bond acceptors (Lipinski definition) is 6. The molecule has 0 bridgehead atoms. The molecule has 0 saturated heterocycles. The van der Waals surface area contributed by atoms with E-state index in [1.54, 1.807) is 18.2 Å². The number of fused-ring (bicyclic) bond motifs is 1. The molecule has 2 N–H and O–H groups in total. The Morgan fingerprint density at radius 2 is 1.70 bits per heavy atom. The number of rotatable bonds is 5. The second kappa shape index (κ2) is 7.61. The molecule has 0 aliphatic rings. The molecule has 1 heterocycles. The van der Waals surface area contributed by atoms with Crippen LogP contribution in [0.5, 0.6) is 0 Å². The van der Waals surface area contributed by atoms with Gasteiger partial charge < -0.3 is 15.2 Å². The van der Waals surface area contributed by atoms with Gasteiger partial charge in [-0.05, 0) is 43.3 Å². The molecule has 1 atom stereocenters. The second-order valence-corrected chi connectivity index (χ2v) is 5.66. The molecule has 8 heteroatoms. The van der Waals surface area contributed by atoms with Crippen LogP contribution in [0, 0.1) is 0 Å². The van der Waals surface area contributed by atoms with Gasteiger partial charge in [0, 0.05) is 5.69 Å². The summed E-state index contributed by atoms with van der Waals surface area (Å²) in [6.07, 6.45) is 0.213. The summed E-state index contributed by atoms with van der Waals surface area (Å²) in [4.78, 5) is 43.5. The van der Waals surface area contributed by atoms with Crippen molar-refractivity contribution >= 4 is 34.6 Å². The van der Waals surface area contributed by atoms with Crippen LogP contribution in [0.3, 0.4) is 0 Å². The molecule has 0 aliphatic heterocycles. The van der Waals surface area contributed by atoms with Gasteiger partial charge in [-0.1, -0.05) is 12.1 Å². The highest BCUT2D eigenvalue weighted by Gasteiger charge is 2.20. The molecule has 3 rings (SSSR count). The predicted octanol–water partition coefficient (Wildman–Crippen LogP) is 2.51. The van der Waals surface area contributed by atoms with E-state index in [4.69, 9.17) is 9.84 Å². The minimum Gasteiger partial charge on any atom is -0.478 e. The first kappa shape index (κ1) is 18.0. The monoisotopic (exact) mass is 365 g/mol. The Hall–Kier alpha value is -3.81. The molecule has 2 aromatic carbocycles. The van der Waals surface area contributed by atoms with Crippen molar-refractivity contribution in [3.05, 3.63) is 66.0 Å². The van der Waals surface area contributed by atoms with Crippen LogP contribution in [0.25, 0.3) is 11.0 Å². The highest BCUT2D eigenvalue weighted by atomic mass is 16.5. The van der Waals surface area contributed by atoms with Crippen LogP contribution in [-0.2, 0) is 9.53 Å². The van der Waals surface area contributed by atoms with Gasteiger partial charge in [0.15, 0.2) is 11.8 Å². The number of esters is 1. The number of aromatic carboxylic acids is 1.